The summed E-state index contributed by atoms with van der Waals surface area (Å²) in [6.07, 6.45) is 10.3. The van der Waals surface area contributed by atoms with Gasteiger partial charge in [-0.25, -0.2) is 0 Å². The molecule has 0 spiro atoms. The average Bonchev–Trinajstić information content (AvgIpc) is 3.37. The van der Waals surface area contributed by atoms with Crippen LogP contribution in [0.25, 0.3) is 0 Å². The van der Waals surface area contributed by atoms with Crippen LogP contribution >= 0.6 is 0 Å². The molecule has 0 heterocycles. The minimum atomic E-state index is -0.478. The molecule has 574 valence electrons. The molecule has 0 saturated heterocycles. The van der Waals surface area contributed by atoms with E-state index in [2.05, 4.69) is 249 Å². The second-order valence-corrected chi connectivity index (χ2v) is 37.7. The Morgan fingerprint density at radius 2 is 0.772 bits per heavy atom. The lowest BCUT2D eigenvalue weighted by Crippen LogP contribution is -2.27. The molecular weight excluding hydrogens is 1140 g/mol. The third-order valence-electron chi connectivity index (χ3n) is 15.9. The van der Waals surface area contributed by atoms with E-state index in [1.807, 2.05) is 48.5 Å². The zero-order valence-corrected chi connectivity index (χ0v) is 71.4. The SMILES string of the molecule is CC(C)(C)CCCO.CC(C)C(C)C(C)O.CC(C)CC(C)(C)CO.CC(C)CC(C)(C)O.CC(C)CC(C)CO.CC(C)CC(O)C(C)(C)C.CC(C)CC(O)C(C)C.CC(CO)C(C)(C)C.CC(O)CC(C)(C)C.CCC(C)(C)C(C)C.CCC(O)CC(C)C. The predicted molar refractivity (Wildman–Crippen MR) is 415 cm³/mol. The van der Waals surface area contributed by atoms with Gasteiger partial charge in [0.1, 0.15) is 0 Å². The lowest BCUT2D eigenvalue weighted by atomic mass is 9.79. The highest BCUT2D eigenvalue weighted by Crippen LogP contribution is 2.29. The third-order valence-corrected chi connectivity index (χ3v) is 15.9. The summed E-state index contributed by atoms with van der Waals surface area (Å²) < 4.78 is 0. The molecule has 0 fully saturated rings. The second-order valence-electron chi connectivity index (χ2n) is 37.7. The van der Waals surface area contributed by atoms with Gasteiger partial charge >= 0.3 is 0 Å². The van der Waals surface area contributed by atoms with E-state index >= 15 is 0 Å². The molecule has 0 rings (SSSR count). The Kier molecular flexibility index (Phi) is 79.0. The lowest BCUT2D eigenvalue weighted by molar-refractivity contribution is 0.0452. The first kappa shape index (κ1) is 116. The maximum Gasteiger partial charge on any atom is 0.0594 e. The Balaban J connectivity index is -0.0000000872. The van der Waals surface area contributed by atoms with Crippen LogP contribution in [0, 0.1) is 104 Å². The van der Waals surface area contributed by atoms with Crippen LogP contribution in [0.15, 0.2) is 0 Å². The van der Waals surface area contributed by atoms with E-state index in [0.29, 0.717) is 96.4 Å². The fourth-order valence-electron chi connectivity index (χ4n) is 8.05. The summed E-state index contributed by atoms with van der Waals surface area (Å²) >= 11 is 0. The van der Waals surface area contributed by atoms with Crippen molar-refractivity contribution in [2.45, 2.75) is 404 Å². The number of hydrogen-bond acceptors (Lipinski definition) is 10. The molecule has 10 heteroatoms. The van der Waals surface area contributed by atoms with Crippen LogP contribution in [0.5, 0.6) is 0 Å². The van der Waals surface area contributed by atoms with Crippen molar-refractivity contribution < 1.29 is 51.1 Å². The summed E-state index contributed by atoms with van der Waals surface area (Å²) in [6, 6.07) is 0. The fourth-order valence-corrected chi connectivity index (χ4v) is 8.05. The first-order chi connectivity index (χ1) is 40.6. The number of aliphatic hydroxyl groups excluding tert-OH is 9. The highest BCUT2D eigenvalue weighted by atomic mass is 16.3. The Morgan fingerprint density at radius 1 is 0.391 bits per heavy atom. The highest BCUT2D eigenvalue weighted by Gasteiger charge is 2.23. The van der Waals surface area contributed by atoms with Gasteiger partial charge in [0.25, 0.3) is 0 Å². The van der Waals surface area contributed by atoms with E-state index in [1.54, 1.807) is 0 Å². The molecule has 0 radical (unpaired) electrons. The number of rotatable bonds is 24. The van der Waals surface area contributed by atoms with E-state index in [-0.39, 0.29) is 52.2 Å². The van der Waals surface area contributed by atoms with Gasteiger partial charge in [-0.15, -0.1) is 0 Å². The van der Waals surface area contributed by atoms with Gasteiger partial charge in [0, 0.05) is 26.4 Å². The maximum absolute atomic E-state index is 9.56. The summed E-state index contributed by atoms with van der Waals surface area (Å²) in [5.41, 5.74) is 1.15. The Labute approximate surface area is 582 Å². The predicted octanol–water partition coefficient (Wildman–Crippen LogP) is 21.8. The molecule has 0 aromatic carbocycles. The Bertz CT molecular complexity index is 1380. The van der Waals surface area contributed by atoms with Crippen molar-refractivity contribution in [1.29, 1.82) is 0 Å². The minimum absolute atomic E-state index is 0.0459. The Morgan fingerprint density at radius 3 is 0.837 bits per heavy atom. The molecule has 0 bridgehead atoms. The largest absolute Gasteiger partial charge is 0.396 e. The molecular formula is C82H186O10. The second kappa shape index (κ2) is 62.8. The molecule has 92 heavy (non-hydrogen) atoms. The summed E-state index contributed by atoms with van der Waals surface area (Å²) in [4.78, 5) is 0. The van der Waals surface area contributed by atoms with E-state index in [1.165, 1.54) is 6.42 Å². The molecule has 10 N–H and O–H groups in total. The molecule has 0 aromatic heterocycles. The summed E-state index contributed by atoms with van der Waals surface area (Å²) in [5.74, 6) is 6.96. The zero-order valence-electron chi connectivity index (χ0n) is 71.4. The molecule has 10 nitrogen and oxygen atoms in total. The molecule has 0 aliphatic carbocycles. The van der Waals surface area contributed by atoms with Gasteiger partial charge in [0.05, 0.1) is 36.1 Å². The number of aliphatic hydroxyl groups is 10. The van der Waals surface area contributed by atoms with E-state index in [0.717, 1.165) is 76.0 Å². The smallest absolute Gasteiger partial charge is 0.0594 e. The van der Waals surface area contributed by atoms with E-state index in [4.69, 9.17) is 35.7 Å². The Hall–Kier alpha value is -0.400. The van der Waals surface area contributed by atoms with Gasteiger partial charge < -0.3 is 51.1 Å². The first-order valence-electron chi connectivity index (χ1n) is 37.2. The van der Waals surface area contributed by atoms with Gasteiger partial charge in [-0.2, -0.15) is 0 Å². The van der Waals surface area contributed by atoms with Crippen LogP contribution < -0.4 is 0 Å². The van der Waals surface area contributed by atoms with Crippen molar-refractivity contribution in [1.82, 2.24) is 0 Å². The zero-order chi connectivity index (χ0) is 76.9. The van der Waals surface area contributed by atoms with Crippen molar-refractivity contribution in [2.75, 3.05) is 26.4 Å². The quantitative estimate of drug-likeness (QED) is 0.0443. The van der Waals surface area contributed by atoms with Gasteiger partial charge in [0.15, 0.2) is 0 Å². The van der Waals surface area contributed by atoms with Crippen LogP contribution in [-0.2, 0) is 0 Å². The van der Waals surface area contributed by atoms with Crippen molar-refractivity contribution in [3.63, 3.8) is 0 Å². The van der Waals surface area contributed by atoms with Crippen LogP contribution in [-0.4, -0.2) is 114 Å². The molecule has 8 atom stereocenters. The monoisotopic (exact) mass is 1330 g/mol. The average molecular weight is 1330 g/mol. The summed E-state index contributed by atoms with van der Waals surface area (Å²) in [5, 5.41) is 89.5. The van der Waals surface area contributed by atoms with Crippen molar-refractivity contribution in [3.05, 3.63) is 0 Å². The topological polar surface area (TPSA) is 202 Å². The van der Waals surface area contributed by atoms with Crippen molar-refractivity contribution in [3.8, 4) is 0 Å². The van der Waals surface area contributed by atoms with Gasteiger partial charge in [-0.3, -0.25) is 0 Å². The molecule has 0 aliphatic heterocycles. The normalized spacial score (nSPS) is 14.7. The van der Waals surface area contributed by atoms with E-state index in [9.17, 15) is 15.3 Å². The van der Waals surface area contributed by atoms with Gasteiger partial charge in [-0.05, 0) is 195 Å². The van der Waals surface area contributed by atoms with Crippen LogP contribution in [0.3, 0.4) is 0 Å². The highest BCUT2D eigenvalue weighted by molar-refractivity contribution is 4.74. The molecule has 0 saturated carbocycles. The molecule has 0 aliphatic rings. The van der Waals surface area contributed by atoms with E-state index < -0.39 is 5.60 Å². The van der Waals surface area contributed by atoms with Gasteiger partial charge in [-0.1, -0.05) is 276 Å². The van der Waals surface area contributed by atoms with Crippen LogP contribution in [0.1, 0.15) is 368 Å². The van der Waals surface area contributed by atoms with Gasteiger partial charge in [0.2, 0.25) is 0 Å². The maximum atomic E-state index is 9.56. The molecule has 0 amide bonds. The third kappa shape index (κ3) is 117. The van der Waals surface area contributed by atoms with Crippen LogP contribution in [0.4, 0.5) is 0 Å². The standard InChI is InChI=1S/C9H20O.2C8H18O.C8H18.7C7H16O/c1-7(2)6-8(10)9(3,4)5;1-7(2)5-8(3,4)6-9;1-6(2)5-8(9)7(3)4;1-6-8(4,5)7(2)3;1-6(5-8)7(2,3)4;1-6(8)5-7(2,3)4;1-6(2)5-7(3,4)8;1-6(2)4-7(3)5-8;1-7(2,3)5-4-6-8;1-5(2)6(3)7(4)8;1-4-7(8)5-6(2)3/h7-8,10H,6H2,1-5H3;7,9H,5-6H2,1-4H3;6-9H,5H2,1-4H3;7H,6H2,1-5H3;3*6,8H,5H2,1-4H3;6-8H,4-5H2,1-3H3;8H,4-6H2,1-3H3;5-8H,1-4H3;6-8H,4-5H2,1-3H3. The van der Waals surface area contributed by atoms with Crippen LogP contribution in [0.2, 0.25) is 0 Å². The minimum Gasteiger partial charge on any atom is -0.396 e. The lowest BCUT2D eigenvalue weighted by Gasteiger charge is -2.27. The summed E-state index contributed by atoms with van der Waals surface area (Å²) in [7, 11) is 0. The van der Waals surface area contributed by atoms with Crippen molar-refractivity contribution in [2.24, 2.45) is 104 Å². The first-order valence-corrected chi connectivity index (χ1v) is 37.2. The van der Waals surface area contributed by atoms with Crippen molar-refractivity contribution >= 4 is 0 Å². The number of hydrogen-bond donors (Lipinski definition) is 10. The molecule has 8 unspecified atom stereocenters. The fraction of sp³-hybridized carbons (Fsp3) is 1.00. The summed E-state index contributed by atoms with van der Waals surface area (Å²) in [6.45, 7) is 92.0. The molecule has 0 aromatic rings.